The van der Waals surface area contributed by atoms with Gasteiger partial charge in [-0.2, -0.15) is 0 Å². The molecule has 1 aliphatic rings. The molecule has 0 aliphatic carbocycles. The van der Waals surface area contributed by atoms with Crippen molar-refractivity contribution in [3.63, 3.8) is 0 Å². The number of benzene rings is 1. The molecule has 5 nitrogen and oxygen atoms in total. The number of quaternary nitrogens is 1. The first-order valence-electron chi connectivity index (χ1n) is 8.25. The second-order valence-electron chi connectivity index (χ2n) is 6.75. The van der Waals surface area contributed by atoms with Crippen LogP contribution in [0.3, 0.4) is 0 Å². The minimum Gasteiger partial charge on any atom is -0.465 e. The van der Waals surface area contributed by atoms with Crippen LogP contribution < -0.4 is 10.2 Å². The highest BCUT2D eigenvalue weighted by molar-refractivity contribution is 5.89. The van der Waals surface area contributed by atoms with Gasteiger partial charge in [0, 0.05) is 18.4 Å². The summed E-state index contributed by atoms with van der Waals surface area (Å²) in [6, 6.07) is 7.11. The minimum atomic E-state index is -0.350. The lowest BCUT2D eigenvalue weighted by molar-refractivity contribution is -0.904. The summed E-state index contributed by atoms with van der Waals surface area (Å²) in [5.74, 6) is 1.11. The van der Waals surface area contributed by atoms with E-state index in [1.165, 1.54) is 18.4 Å². The molecular weight excluding hydrogens is 292 g/mol. The largest absolute Gasteiger partial charge is 0.465 e. The second-order valence-corrected chi connectivity index (χ2v) is 6.75. The summed E-state index contributed by atoms with van der Waals surface area (Å²) in [7, 11) is 1.36. The molecule has 23 heavy (non-hydrogen) atoms. The number of hydrogen-bond donors (Lipinski definition) is 2. The number of esters is 1. The molecule has 0 saturated carbocycles. The Labute approximate surface area is 138 Å². The molecule has 1 aromatic rings. The molecular formula is C18H27N2O3+. The number of carbonyl (C=O) groups excluding carboxylic acids is 2. The van der Waals surface area contributed by atoms with E-state index in [0.29, 0.717) is 30.5 Å². The molecule has 1 fully saturated rings. The molecule has 2 rings (SSSR count). The van der Waals surface area contributed by atoms with Gasteiger partial charge in [0.25, 0.3) is 5.91 Å². The molecule has 126 valence electrons. The maximum absolute atomic E-state index is 12.1. The number of hydrogen-bond acceptors (Lipinski definition) is 3. The van der Waals surface area contributed by atoms with E-state index in [9.17, 15) is 9.59 Å². The third-order valence-electron chi connectivity index (χ3n) is 4.35. The summed E-state index contributed by atoms with van der Waals surface area (Å²) in [4.78, 5) is 24.9. The Morgan fingerprint density at radius 2 is 1.78 bits per heavy atom. The first-order chi connectivity index (χ1) is 11.0. The normalized spacial score (nSPS) is 24.0. The Hall–Kier alpha value is -1.88. The van der Waals surface area contributed by atoms with Crippen molar-refractivity contribution in [1.29, 1.82) is 0 Å². The summed E-state index contributed by atoms with van der Waals surface area (Å²) in [5, 5.41) is 2.96. The zero-order valence-electron chi connectivity index (χ0n) is 14.2. The number of piperidine rings is 1. The Bertz CT molecular complexity index is 532. The highest BCUT2D eigenvalue weighted by Gasteiger charge is 2.26. The van der Waals surface area contributed by atoms with E-state index < -0.39 is 0 Å². The standard InChI is InChI=1S/C18H26N2O3/c1-13-8-14(2)11-20(10-13)12-17(21)19-9-15-4-6-16(7-5-15)18(22)23-3/h4-7,13-14H,8-12H2,1-3H3,(H,19,21)/p+1/t13-,14-/m1/s1. The fraction of sp³-hybridized carbons (Fsp3) is 0.556. The number of ether oxygens (including phenoxy) is 1. The van der Waals surface area contributed by atoms with Gasteiger partial charge in [0.1, 0.15) is 0 Å². The van der Waals surface area contributed by atoms with Crippen LogP contribution in [0.5, 0.6) is 0 Å². The fourth-order valence-electron chi connectivity index (χ4n) is 3.43. The molecule has 0 unspecified atom stereocenters. The smallest absolute Gasteiger partial charge is 0.337 e. The number of likely N-dealkylation sites (tertiary alicyclic amines) is 1. The zero-order chi connectivity index (χ0) is 16.8. The van der Waals surface area contributed by atoms with Gasteiger partial charge in [0.05, 0.1) is 25.8 Å². The molecule has 1 saturated heterocycles. The van der Waals surface area contributed by atoms with Gasteiger partial charge in [-0.15, -0.1) is 0 Å². The molecule has 0 bridgehead atoms. The molecule has 1 amide bonds. The summed E-state index contributed by atoms with van der Waals surface area (Å²) in [5.41, 5.74) is 1.49. The highest BCUT2D eigenvalue weighted by Crippen LogP contribution is 2.11. The second kappa shape index (κ2) is 8.11. The van der Waals surface area contributed by atoms with E-state index in [1.54, 1.807) is 12.1 Å². The van der Waals surface area contributed by atoms with E-state index >= 15 is 0 Å². The predicted molar refractivity (Wildman–Crippen MR) is 88.1 cm³/mol. The Morgan fingerprint density at radius 1 is 1.17 bits per heavy atom. The van der Waals surface area contributed by atoms with Gasteiger partial charge in [-0.25, -0.2) is 4.79 Å². The number of carbonyl (C=O) groups is 2. The molecule has 1 heterocycles. The molecule has 2 N–H and O–H groups in total. The quantitative estimate of drug-likeness (QED) is 0.784. The van der Waals surface area contributed by atoms with Crippen LogP contribution in [0.4, 0.5) is 0 Å². The first-order valence-corrected chi connectivity index (χ1v) is 8.25. The van der Waals surface area contributed by atoms with Crippen LogP contribution in [-0.2, 0) is 16.1 Å². The summed E-state index contributed by atoms with van der Waals surface area (Å²) in [6.45, 7) is 7.69. The zero-order valence-corrected chi connectivity index (χ0v) is 14.2. The van der Waals surface area contributed by atoms with Crippen LogP contribution in [0.1, 0.15) is 36.2 Å². The lowest BCUT2D eigenvalue weighted by atomic mass is 9.92. The average molecular weight is 319 g/mol. The van der Waals surface area contributed by atoms with E-state index in [2.05, 4.69) is 23.9 Å². The van der Waals surface area contributed by atoms with Gasteiger partial charge in [0.15, 0.2) is 6.54 Å². The van der Waals surface area contributed by atoms with Crippen molar-refractivity contribution in [1.82, 2.24) is 5.32 Å². The van der Waals surface area contributed by atoms with Crippen molar-refractivity contribution >= 4 is 11.9 Å². The maximum atomic E-state index is 12.1. The third-order valence-corrected chi connectivity index (χ3v) is 4.35. The lowest BCUT2D eigenvalue weighted by Gasteiger charge is -2.31. The van der Waals surface area contributed by atoms with Crippen molar-refractivity contribution in [3.8, 4) is 0 Å². The topological polar surface area (TPSA) is 59.8 Å². The van der Waals surface area contributed by atoms with Crippen LogP contribution in [0, 0.1) is 11.8 Å². The maximum Gasteiger partial charge on any atom is 0.337 e. The van der Waals surface area contributed by atoms with E-state index in [4.69, 9.17) is 0 Å². The number of rotatable bonds is 5. The third kappa shape index (κ3) is 5.36. The SMILES string of the molecule is COC(=O)c1ccc(CNC(=O)C[NH+]2C[C@H](C)C[C@@H](C)C2)cc1. The highest BCUT2D eigenvalue weighted by atomic mass is 16.5. The number of amides is 1. The van der Waals surface area contributed by atoms with Crippen molar-refractivity contribution in [2.24, 2.45) is 11.8 Å². The van der Waals surface area contributed by atoms with Crippen LogP contribution in [-0.4, -0.2) is 38.6 Å². The summed E-state index contributed by atoms with van der Waals surface area (Å²) >= 11 is 0. The number of nitrogens with one attached hydrogen (secondary N) is 2. The van der Waals surface area contributed by atoms with Crippen molar-refractivity contribution in [2.75, 3.05) is 26.7 Å². The molecule has 1 aliphatic heterocycles. The van der Waals surface area contributed by atoms with Gasteiger partial charge in [0.2, 0.25) is 0 Å². The van der Waals surface area contributed by atoms with Crippen LogP contribution in [0.2, 0.25) is 0 Å². The molecule has 0 spiro atoms. The molecule has 0 radical (unpaired) electrons. The van der Waals surface area contributed by atoms with Crippen molar-refractivity contribution in [3.05, 3.63) is 35.4 Å². The monoisotopic (exact) mass is 319 g/mol. The molecule has 1 aromatic carbocycles. The van der Waals surface area contributed by atoms with E-state index in [0.717, 1.165) is 18.7 Å². The lowest BCUT2D eigenvalue weighted by Crippen LogP contribution is -3.15. The van der Waals surface area contributed by atoms with Crippen molar-refractivity contribution < 1.29 is 19.2 Å². The molecule has 2 atom stereocenters. The Balaban J connectivity index is 1.79. The summed E-state index contributed by atoms with van der Waals surface area (Å²) < 4.78 is 4.66. The van der Waals surface area contributed by atoms with Crippen molar-refractivity contribution in [2.45, 2.75) is 26.8 Å². The van der Waals surface area contributed by atoms with Gasteiger partial charge < -0.3 is 15.0 Å². The van der Waals surface area contributed by atoms with Gasteiger partial charge >= 0.3 is 5.97 Å². The van der Waals surface area contributed by atoms with Crippen LogP contribution >= 0.6 is 0 Å². The molecule has 5 heteroatoms. The van der Waals surface area contributed by atoms with Gasteiger partial charge in [-0.3, -0.25) is 4.79 Å². The van der Waals surface area contributed by atoms with Crippen LogP contribution in [0.25, 0.3) is 0 Å². The first kappa shape index (κ1) is 17.5. The fourth-order valence-corrected chi connectivity index (χ4v) is 3.43. The van der Waals surface area contributed by atoms with Crippen LogP contribution in [0.15, 0.2) is 24.3 Å². The number of methoxy groups -OCH3 is 1. The van der Waals surface area contributed by atoms with Gasteiger partial charge in [-0.05, 0) is 24.1 Å². The van der Waals surface area contributed by atoms with E-state index in [1.807, 2.05) is 12.1 Å². The molecule has 0 aromatic heterocycles. The Morgan fingerprint density at radius 3 is 2.35 bits per heavy atom. The van der Waals surface area contributed by atoms with Gasteiger partial charge in [-0.1, -0.05) is 26.0 Å². The van der Waals surface area contributed by atoms with E-state index in [-0.39, 0.29) is 11.9 Å². The Kier molecular flexibility index (Phi) is 6.16. The average Bonchev–Trinajstić information content (AvgIpc) is 2.51. The minimum absolute atomic E-state index is 0.0818. The summed E-state index contributed by atoms with van der Waals surface area (Å²) in [6.07, 6.45) is 1.26. The predicted octanol–water partition coefficient (Wildman–Crippen LogP) is 0.650.